The summed E-state index contributed by atoms with van der Waals surface area (Å²) in [6, 6.07) is 10.2. The van der Waals surface area contributed by atoms with Crippen molar-refractivity contribution in [1.82, 2.24) is 14.8 Å². The maximum absolute atomic E-state index is 6.20. The van der Waals surface area contributed by atoms with E-state index in [2.05, 4.69) is 22.3 Å². The van der Waals surface area contributed by atoms with Crippen molar-refractivity contribution in [3.05, 3.63) is 48.0 Å². The van der Waals surface area contributed by atoms with E-state index in [1.165, 1.54) is 5.56 Å². The van der Waals surface area contributed by atoms with Gasteiger partial charge in [-0.2, -0.15) is 0 Å². The first-order valence-corrected chi connectivity index (χ1v) is 6.47. The van der Waals surface area contributed by atoms with Crippen LogP contribution in [0.3, 0.4) is 0 Å². The van der Waals surface area contributed by atoms with Gasteiger partial charge in [-0.25, -0.2) is 0 Å². The van der Waals surface area contributed by atoms with E-state index in [1.807, 2.05) is 22.8 Å². The number of ether oxygens (including phenoxy) is 1. The van der Waals surface area contributed by atoms with Crippen LogP contribution < -0.4 is 5.73 Å². The molecule has 5 nitrogen and oxygen atoms in total. The molecule has 0 spiro atoms. The Morgan fingerprint density at radius 3 is 2.84 bits per heavy atom. The lowest BCUT2D eigenvalue weighted by molar-refractivity contribution is 0.185. The minimum atomic E-state index is -0.0976. The topological polar surface area (TPSA) is 66.0 Å². The molecule has 0 saturated carbocycles. The van der Waals surface area contributed by atoms with Gasteiger partial charge in [0.25, 0.3) is 0 Å². The number of rotatable bonds is 7. The van der Waals surface area contributed by atoms with Crippen molar-refractivity contribution in [3.8, 4) is 0 Å². The van der Waals surface area contributed by atoms with Crippen molar-refractivity contribution in [2.24, 2.45) is 5.73 Å². The fourth-order valence-electron chi connectivity index (χ4n) is 2.01. The van der Waals surface area contributed by atoms with E-state index in [0.29, 0.717) is 6.61 Å². The van der Waals surface area contributed by atoms with Gasteiger partial charge in [-0.05, 0) is 18.4 Å². The highest BCUT2D eigenvalue weighted by atomic mass is 16.5. The largest absolute Gasteiger partial charge is 0.383 e. The molecule has 102 valence electrons. The molecule has 0 fully saturated rings. The summed E-state index contributed by atoms with van der Waals surface area (Å²) >= 11 is 0. The molecule has 2 N–H and O–H groups in total. The molecule has 0 aliphatic heterocycles. The zero-order valence-electron chi connectivity index (χ0n) is 11.2. The van der Waals surface area contributed by atoms with Gasteiger partial charge in [-0.1, -0.05) is 30.3 Å². The number of hydrogen-bond acceptors (Lipinski definition) is 4. The van der Waals surface area contributed by atoms with Crippen LogP contribution in [0.15, 0.2) is 36.7 Å². The van der Waals surface area contributed by atoms with Crippen LogP contribution in [0, 0.1) is 0 Å². The second kappa shape index (κ2) is 7.01. The lowest BCUT2D eigenvalue weighted by Crippen LogP contribution is -2.18. The Labute approximate surface area is 113 Å². The van der Waals surface area contributed by atoms with Crippen LogP contribution in [0.2, 0.25) is 0 Å². The van der Waals surface area contributed by atoms with E-state index in [4.69, 9.17) is 10.5 Å². The number of nitrogens with two attached hydrogens (primary N) is 1. The first-order valence-electron chi connectivity index (χ1n) is 6.47. The average molecular weight is 260 g/mol. The van der Waals surface area contributed by atoms with Crippen molar-refractivity contribution in [1.29, 1.82) is 0 Å². The third kappa shape index (κ3) is 3.87. The third-order valence-electron chi connectivity index (χ3n) is 3.10. The van der Waals surface area contributed by atoms with Crippen LogP contribution in [0.5, 0.6) is 0 Å². The van der Waals surface area contributed by atoms with Crippen LogP contribution in [0.1, 0.15) is 23.9 Å². The molecular formula is C14H20N4O. The van der Waals surface area contributed by atoms with Gasteiger partial charge < -0.3 is 15.0 Å². The summed E-state index contributed by atoms with van der Waals surface area (Å²) < 4.78 is 7.02. The summed E-state index contributed by atoms with van der Waals surface area (Å²) in [4.78, 5) is 0. The molecule has 0 bridgehead atoms. The molecule has 19 heavy (non-hydrogen) atoms. The Morgan fingerprint density at radius 1 is 1.32 bits per heavy atom. The van der Waals surface area contributed by atoms with Crippen molar-refractivity contribution in [2.75, 3.05) is 13.7 Å². The van der Waals surface area contributed by atoms with E-state index in [1.54, 1.807) is 13.4 Å². The zero-order valence-corrected chi connectivity index (χ0v) is 11.2. The Kier molecular flexibility index (Phi) is 5.06. The molecule has 0 aliphatic carbocycles. The van der Waals surface area contributed by atoms with Gasteiger partial charge in [0.1, 0.15) is 12.2 Å². The van der Waals surface area contributed by atoms with Gasteiger partial charge in [-0.3, -0.25) is 0 Å². The number of methoxy groups -OCH3 is 1. The molecule has 0 aliphatic rings. The minimum Gasteiger partial charge on any atom is -0.383 e. The molecule has 1 unspecified atom stereocenters. The van der Waals surface area contributed by atoms with Crippen LogP contribution in [0.25, 0.3) is 0 Å². The molecule has 2 aromatic rings. The van der Waals surface area contributed by atoms with Crippen LogP contribution in [-0.4, -0.2) is 28.5 Å². The van der Waals surface area contributed by atoms with E-state index >= 15 is 0 Å². The average Bonchev–Trinajstić information content (AvgIpc) is 2.92. The highest BCUT2D eigenvalue weighted by Crippen LogP contribution is 2.14. The van der Waals surface area contributed by atoms with Gasteiger partial charge in [0.15, 0.2) is 0 Å². The molecule has 0 saturated heterocycles. The Morgan fingerprint density at radius 2 is 2.11 bits per heavy atom. The molecule has 1 aromatic heterocycles. The van der Waals surface area contributed by atoms with Gasteiger partial charge in [0, 0.05) is 13.7 Å². The molecule has 1 aromatic carbocycles. The summed E-state index contributed by atoms with van der Waals surface area (Å²) in [7, 11) is 1.68. The third-order valence-corrected chi connectivity index (χ3v) is 3.10. The number of hydrogen-bond donors (Lipinski definition) is 1. The highest BCUT2D eigenvalue weighted by molar-refractivity contribution is 5.15. The predicted molar refractivity (Wildman–Crippen MR) is 73.6 cm³/mol. The van der Waals surface area contributed by atoms with Crippen molar-refractivity contribution < 1.29 is 4.74 Å². The van der Waals surface area contributed by atoms with Gasteiger partial charge >= 0.3 is 0 Å². The summed E-state index contributed by atoms with van der Waals surface area (Å²) in [6.07, 6.45) is 3.51. The maximum atomic E-state index is 6.20. The standard InChI is InChI=1S/C14H20N4O/c1-19-10-9-18-11-16-17-14(18)13(15)8-7-12-5-3-2-4-6-12/h2-6,11,13H,7-10,15H2,1H3. The lowest BCUT2D eigenvalue weighted by Gasteiger charge is -2.12. The van der Waals surface area contributed by atoms with Crippen molar-refractivity contribution >= 4 is 0 Å². The van der Waals surface area contributed by atoms with Crippen molar-refractivity contribution in [2.45, 2.75) is 25.4 Å². The predicted octanol–water partition coefficient (Wildman–Crippen LogP) is 1.56. The van der Waals surface area contributed by atoms with Crippen LogP contribution in [0.4, 0.5) is 0 Å². The number of nitrogens with zero attached hydrogens (tertiary/aromatic N) is 3. The molecule has 5 heteroatoms. The molecule has 1 atom stereocenters. The fraction of sp³-hybridized carbons (Fsp3) is 0.429. The molecule has 2 rings (SSSR count). The minimum absolute atomic E-state index is 0.0976. The van der Waals surface area contributed by atoms with Crippen LogP contribution >= 0.6 is 0 Å². The van der Waals surface area contributed by atoms with E-state index < -0.39 is 0 Å². The molecule has 0 amide bonds. The number of aryl methyl sites for hydroxylation is 1. The van der Waals surface area contributed by atoms with Gasteiger partial charge in [-0.15, -0.1) is 10.2 Å². The second-order valence-corrected chi connectivity index (χ2v) is 4.51. The monoisotopic (exact) mass is 260 g/mol. The smallest absolute Gasteiger partial charge is 0.149 e. The van der Waals surface area contributed by atoms with E-state index in [9.17, 15) is 0 Å². The molecular weight excluding hydrogens is 240 g/mol. The quantitative estimate of drug-likeness (QED) is 0.820. The van der Waals surface area contributed by atoms with Gasteiger partial charge in [0.05, 0.1) is 12.6 Å². The van der Waals surface area contributed by atoms with E-state index in [0.717, 1.165) is 25.2 Å². The number of benzene rings is 1. The summed E-state index contributed by atoms with van der Waals surface area (Å²) in [5.74, 6) is 0.827. The van der Waals surface area contributed by atoms with Gasteiger partial charge in [0.2, 0.25) is 0 Å². The lowest BCUT2D eigenvalue weighted by atomic mass is 10.1. The summed E-state index contributed by atoms with van der Waals surface area (Å²) in [5.41, 5.74) is 7.49. The van der Waals surface area contributed by atoms with Crippen LogP contribution in [-0.2, 0) is 17.7 Å². The molecule has 0 radical (unpaired) electrons. The van der Waals surface area contributed by atoms with E-state index in [-0.39, 0.29) is 6.04 Å². The Balaban J connectivity index is 1.92. The first kappa shape index (κ1) is 13.7. The highest BCUT2D eigenvalue weighted by Gasteiger charge is 2.13. The van der Waals surface area contributed by atoms with Crippen molar-refractivity contribution in [3.63, 3.8) is 0 Å². The number of aromatic nitrogens is 3. The Bertz CT molecular complexity index is 483. The first-order chi connectivity index (χ1) is 9.31. The Hall–Kier alpha value is -1.72. The summed E-state index contributed by atoms with van der Waals surface area (Å²) in [6.45, 7) is 1.37. The second-order valence-electron chi connectivity index (χ2n) is 4.51. The molecule has 1 heterocycles. The SMILES string of the molecule is COCCn1cnnc1C(N)CCc1ccccc1. The maximum Gasteiger partial charge on any atom is 0.149 e. The summed E-state index contributed by atoms with van der Waals surface area (Å²) in [5, 5.41) is 8.04. The normalized spacial score (nSPS) is 12.5. The zero-order chi connectivity index (χ0) is 13.5. The fourth-order valence-corrected chi connectivity index (χ4v) is 2.01.